The van der Waals surface area contributed by atoms with E-state index in [0.717, 1.165) is 12.8 Å². The Kier molecular flexibility index (Phi) is 6.43. The van der Waals surface area contributed by atoms with E-state index in [4.69, 9.17) is 10.9 Å². The molecular weight excluding hydrogens is 242 g/mol. The van der Waals surface area contributed by atoms with Crippen LogP contribution >= 0.6 is 0 Å². The summed E-state index contributed by atoms with van der Waals surface area (Å²) in [6.07, 6.45) is 4.48. The number of carbonyl (C=O) groups is 1. The van der Waals surface area contributed by atoms with Crippen molar-refractivity contribution in [2.24, 2.45) is 10.9 Å². The van der Waals surface area contributed by atoms with Crippen molar-refractivity contribution in [3.8, 4) is 0 Å². The number of carbonyl (C=O) groups excluding carboxylic acids is 1. The lowest BCUT2D eigenvalue weighted by Gasteiger charge is -2.06. The third-order valence-corrected chi connectivity index (χ3v) is 2.84. The Balaban J connectivity index is 2.53. The van der Waals surface area contributed by atoms with Gasteiger partial charge in [-0.25, -0.2) is 0 Å². The van der Waals surface area contributed by atoms with Gasteiger partial charge in [0.2, 0.25) is 0 Å². The highest BCUT2D eigenvalue weighted by atomic mass is 16.4. The predicted octanol–water partition coefficient (Wildman–Crippen LogP) is 2.09. The maximum Gasteiger partial charge on any atom is 0.251 e. The van der Waals surface area contributed by atoms with Crippen LogP contribution in [-0.4, -0.2) is 23.5 Å². The molecule has 0 aromatic heterocycles. The van der Waals surface area contributed by atoms with Crippen molar-refractivity contribution in [1.82, 2.24) is 5.32 Å². The normalized spacial score (nSPS) is 11.3. The van der Waals surface area contributed by atoms with Crippen LogP contribution in [0.5, 0.6) is 0 Å². The van der Waals surface area contributed by atoms with E-state index in [0.29, 0.717) is 17.7 Å². The Morgan fingerprint density at radius 1 is 1.32 bits per heavy atom. The summed E-state index contributed by atoms with van der Waals surface area (Å²) in [4.78, 5) is 11.9. The largest absolute Gasteiger partial charge is 0.409 e. The van der Waals surface area contributed by atoms with Crippen LogP contribution in [0, 0.1) is 0 Å². The lowest BCUT2D eigenvalue weighted by Crippen LogP contribution is -2.25. The molecule has 1 aromatic rings. The van der Waals surface area contributed by atoms with Gasteiger partial charge in [-0.15, -0.1) is 0 Å². The second-order valence-corrected chi connectivity index (χ2v) is 4.38. The first-order valence-electron chi connectivity index (χ1n) is 6.55. The van der Waals surface area contributed by atoms with Gasteiger partial charge in [0.1, 0.15) is 0 Å². The third kappa shape index (κ3) is 4.99. The Morgan fingerprint density at radius 2 is 2.05 bits per heavy atom. The Hall–Kier alpha value is -2.04. The summed E-state index contributed by atoms with van der Waals surface area (Å²) in [7, 11) is 0. The topological polar surface area (TPSA) is 87.7 Å². The molecule has 0 aliphatic rings. The maximum atomic E-state index is 11.9. The van der Waals surface area contributed by atoms with Gasteiger partial charge in [-0.3, -0.25) is 4.79 Å². The first-order chi connectivity index (χ1) is 9.19. The fourth-order valence-corrected chi connectivity index (χ4v) is 1.73. The molecule has 4 N–H and O–H groups in total. The molecule has 5 nitrogen and oxygen atoms in total. The van der Waals surface area contributed by atoms with E-state index >= 15 is 0 Å². The van der Waals surface area contributed by atoms with Gasteiger partial charge in [-0.2, -0.15) is 0 Å². The number of nitrogens with one attached hydrogen (secondary N) is 1. The van der Waals surface area contributed by atoms with E-state index in [1.54, 1.807) is 24.3 Å². The van der Waals surface area contributed by atoms with Crippen LogP contribution in [0.4, 0.5) is 0 Å². The lowest BCUT2D eigenvalue weighted by molar-refractivity contribution is 0.0953. The lowest BCUT2D eigenvalue weighted by atomic mass is 10.1. The van der Waals surface area contributed by atoms with Crippen LogP contribution in [-0.2, 0) is 0 Å². The van der Waals surface area contributed by atoms with Crippen LogP contribution < -0.4 is 11.1 Å². The molecule has 0 radical (unpaired) electrons. The number of benzene rings is 1. The molecule has 0 unspecified atom stereocenters. The number of hydrogen-bond acceptors (Lipinski definition) is 3. The molecule has 0 heterocycles. The predicted molar refractivity (Wildman–Crippen MR) is 75.4 cm³/mol. The number of amides is 1. The zero-order valence-corrected chi connectivity index (χ0v) is 11.2. The Bertz CT molecular complexity index is 444. The van der Waals surface area contributed by atoms with Crippen molar-refractivity contribution >= 4 is 11.7 Å². The van der Waals surface area contributed by atoms with Crippen LogP contribution in [0.1, 0.15) is 48.5 Å². The average molecular weight is 263 g/mol. The molecule has 0 saturated carbocycles. The van der Waals surface area contributed by atoms with Gasteiger partial charge in [0.15, 0.2) is 5.84 Å². The molecule has 104 valence electrons. The van der Waals surface area contributed by atoms with Gasteiger partial charge >= 0.3 is 0 Å². The standard InChI is InChI=1S/C14H21N3O2/c1-2-3-4-5-9-16-14(18)12-8-6-7-11(10-12)13(15)17-19/h6-8,10,19H,2-5,9H2,1H3,(H2,15,17)(H,16,18). The van der Waals surface area contributed by atoms with Crippen molar-refractivity contribution < 1.29 is 10.0 Å². The molecule has 1 amide bonds. The van der Waals surface area contributed by atoms with Crippen LogP contribution in [0.15, 0.2) is 29.4 Å². The quantitative estimate of drug-likeness (QED) is 0.231. The summed E-state index contributed by atoms with van der Waals surface area (Å²) in [5.41, 5.74) is 6.53. The molecule has 0 bridgehead atoms. The monoisotopic (exact) mass is 263 g/mol. The molecule has 19 heavy (non-hydrogen) atoms. The number of oxime groups is 1. The zero-order valence-electron chi connectivity index (χ0n) is 11.2. The summed E-state index contributed by atoms with van der Waals surface area (Å²) in [6, 6.07) is 6.71. The molecule has 1 rings (SSSR count). The van der Waals surface area contributed by atoms with Crippen molar-refractivity contribution in [3.05, 3.63) is 35.4 Å². The fraction of sp³-hybridized carbons (Fsp3) is 0.429. The number of amidine groups is 1. The van der Waals surface area contributed by atoms with E-state index in [1.807, 2.05) is 0 Å². The SMILES string of the molecule is CCCCCCNC(=O)c1cccc(C(N)=NO)c1. The Labute approximate surface area is 113 Å². The summed E-state index contributed by atoms with van der Waals surface area (Å²) in [5.74, 6) is -0.137. The van der Waals surface area contributed by atoms with E-state index in [9.17, 15) is 4.79 Å². The van der Waals surface area contributed by atoms with Crippen LogP contribution in [0.25, 0.3) is 0 Å². The first kappa shape index (κ1) is 15.0. The van der Waals surface area contributed by atoms with Gasteiger partial charge in [0.05, 0.1) is 0 Å². The number of nitrogens with two attached hydrogens (primary N) is 1. The number of rotatable bonds is 7. The fourth-order valence-electron chi connectivity index (χ4n) is 1.73. The smallest absolute Gasteiger partial charge is 0.251 e. The summed E-state index contributed by atoms with van der Waals surface area (Å²) < 4.78 is 0. The second kappa shape index (κ2) is 8.13. The Morgan fingerprint density at radius 3 is 2.74 bits per heavy atom. The molecule has 1 aromatic carbocycles. The van der Waals surface area contributed by atoms with Gasteiger partial charge in [-0.05, 0) is 18.6 Å². The second-order valence-electron chi connectivity index (χ2n) is 4.38. The first-order valence-corrected chi connectivity index (χ1v) is 6.55. The summed E-state index contributed by atoms with van der Waals surface area (Å²) >= 11 is 0. The maximum absolute atomic E-state index is 11.9. The average Bonchev–Trinajstić information content (AvgIpc) is 2.46. The molecule has 0 aliphatic heterocycles. The van der Waals surface area contributed by atoms with E-state index in [-0.39, 0.29) is 11.7 Å². The van der Waals surface area contributed by atoms with Crippen molar-refractivity contribution in [2.45, 2.75) is 32.6 Å². The van der Waals surface area contributed by atoms with E-state index < -0.39 is 0 Å². The van der Waals surface area contributed by atoms with Crippen molar-refractivity contribution in [2.75, 3.05) is 6.54 Å². The molecule has 0 spiro atoms. The number of nitrogens with zero attached hydrogens (tertiary/aromatic N) is 1. The van der Waals surface area contributed by atoms with Gasteiger partial charge in [-0.1, -0.05) is 43.5 Å². The minimum absolute atomic E-state index is 0.00223. The van der Waals surface area contributed by atoms with Gasteiger partial charge < -0.3 is 16.3 Å². The van der Waals surface area contributed by atoms with Crippen molar-refractivity contribution in [3.63, 3.8) is 0 Å². The zero-order chi connectivity index (χ0) is 14.1. The van der Waals surface area contributed by atoms with Crippen LogP contribution in [0.2, 0.25) is 0 Å². The van der Waals surface area contributed by atoms with Gasteiger partial charge in [0, 0.05) is 17.7 Å². The highest BCUT2D eigenvalue weighted by Crippen LogP contribution is 2.05. The molecule has 5 heteroatoms. The van der Waals surface area contributed by atoms with Crippen LogP contribution in [0.3, 0.4) is 0 Å². The summed E-state index contributed by atoms with van der Waals surface area (Å²) in [5, 5.41) is 14.4. The van der Waals surface area contributed by atoms with E-state index in [2.05, 4.69) is 17.4 Å². The number of unbranched alkanes of at least 4 members (excludes halogenated alkanes) is 3. The molecule has 0 aliphatic carbocycles. The molecule has 0 saturated heterocycles. The minimum atomic E-state index is -0.135. The van der Waals surface area contributed by atoms with Crippen molar-refractivity contribution in [1.29, 1.82) is 0 Å². The molecule has 0 fully saturated rings. The number of hydrogen-bond donors (Lipinski definition) is 3. The highest BCUT2D eigenvalue weighted by Gasteiger charge is 2.07. The minimum Gasteiger partial charge on any atom is -0.409 e. The molecular formula is C14H21N3O2. The van der Waals surface area contributed by atoms with Gasteiger partial charge in [0.25, 0.3) is 5.91 Å². The molecule has 0 atom stereocenters. The van der Waals surface area contributed by atoms with E-state index in [1.165, 1.54) is 12.8 Å². The summed E-state index contributed by atoms with van der Waals surface area (Å²) in [6.45, 7) is 2.82. The highest BCUT2D eigenvalue weighted by molar-refractivity contribution is 6.01. The third-order valence-electron chi connectivity index (χ3n) is 2.84.